The van der Waals surface area contributed by atoms with Crippen molar-refractivity contribution in [2.45, 2.75) is 13.2 Å². The van der Waals surface area contributed by atoms with Gasteiger partial charge in [0.15, 0.2) is 0 Å². The van der Waals surface area contributed by atoms with Crippen molar-refractivity contribution < 1.29 is 9.13 Å². The normalized spacial score (nSPS) is 10.5. The molecule has 0 aliphatic heterocycles. The minimum Gasteiger partial charge on any atom is -0.489 e. The summed E-state index contributed by atoms with van der Waals surface area (Å²) in [6.45, 7) is 1.07. The van der Waals surface area contributed by atoms with Crippen molar-refractivity contribution in [2.24, 2.45) is 0 Å². The summed E-state index contributed by atoms with van der Waals surface area (Å²) < 4.78 is 20.1. The van der Waals surface area contributed by atoms with E-state index in [4.69, 9.17) is 4.74 Å². The van der Waals surface area contributed by atoms with Gasteiger partial charge in [-0.25, -0.2) is 4.39 Å². The van der Waals surface area contributed by atoms with Crippen molar-refractivity contribution in [3.8, 4) is 5.75 Å². The van der Waals surface area contributed by atoms with E-state index in [-0.39, 0.29) is 5.82 Å². The molecule has 0 amide bonds. The molecule has 0 heterocycles. The number of hydrogen-bond donors (Lipinski definition) is 1. The third kappa shape index (κ3) is 4.18. The molecule has 4 heteroatoms. The average Bonchev–Trinajstić information content (AvgIpc) is 2.40. The highest BCUT2D eigenvalue weighted by molar-refractivity contribution is 14.1. The Labute approximate surface area is 126 Å². The Bertz CT molecular complexity index is 542. The number of nitrogens with one attached hydrogen (secondary N) is 1. The largest absolute Gasteiger partial charge is 0.489 e. The van der Waals surface area contributed by atoms with E-state index in [1.807, 2.05) is 31.3 Å². The van der Waals surface area contributed by atoms with Gasteiger partial charge in [-0.3, -0.25) is 0 Å². The first-order valence-electron chi connectivity index (χ1n) is 5.99. The van der Waals surface area contributed by atoms with E-state index in [2.05, 4.69) is 27.9 Å². The molecule has 0 bridgehead atoms. The lowest BCUT2D eigenvalue weighted by Gasteiger charge is -2.11. The highest BCUT2D eigenvalue weighted by Gasteiger charge is 2.05. The van der Waals surface area contributed by atoms with Crippen molar-refractivity contribution in [1.29, 1.82) is 0 Å². The van der Waals surface area contributed by atoms with Crippen molar-refractivity contribution in [2.75, 3.05) is 7.05 Å². The number of hydrogen-bond acceptors (Lipinski definition) is 2. The standard InChI is InChI=1S/C15H15FINO/c1-18-9-12-8-13(16)4-7-15(12)19-10-11-2-5-14(17)6-3-11/h2-8,18H,9-10H2,1H3. The molecule has 0 radical (unpaired) electrons. The van der Waals surface area contributed by atoms with Crippen molar-refractivity contribution in [1.82, 2.24) is 5.32 Å². The van der Waals surface area contributed by atoms with Gasteiger partial charge < -0.3 is 10.1 Å². The van der Waals surface area contributed by atoms with E-state index in [9.17, 15) is 4.39 Å². The minimum atomic E-state index is -0.244. The van der Waals surface area contributed by atoms with Gasteiger partial charge in [-0.15, -0.1) is 0 Å². The van der Waals surface area contributed by atoms with Crippen LogP contribution in [0.4, 0.5) is 4.39 Å². The van der Waals surface area contributed by atoms with Crippen molar-refractivity contribution in [3.63, 3.8) is 0 Å². The molecule has 2 nitrogen and oxygen atoms in total. The molecule has 0 aliphatic carbocycles. The Hall–Kier alpha value is -1.14. The molecule has 2 rings (SSSR count). The smallest absolute Gasteiger partial charge is 0.124 e. The Balaban J connectivity index is 2.08. The second-order valence-corrected chi connectivity index (χ2v) is 5.44. The molecule has 0 fully saturated rings. The molecule has 0 aromatic heterocycles. The summed E-state index contributed by atoms with van der Waals surface area (Å²) in [6.07, 6.45) is 0. The lowest BCUT2D eigenvalue weighted by atomic mass is 10.2. The van der Waals surface area contributed by atoms with Crippen LogP contribution < -0.4 is 10.1 Å². The number of ether oxygens (including phenoxy) is 1. The lowest BCUT2D eigenvalue weighted by molar-refractivity contribution is 0.302. The minimum absolute atomic E-state index is 0.244. The van der Waals surface area contributed by atoms with Crippen LogP contribution in [0, 0.1) is 9.39 Å². The van der Waals surface area contributed by atoms with Gasteiger partial charge in [0.25, 0.3) is 0 Å². The molecule has 2 aromatic rings. The maximum Gasteiger partial charge on any atom is 0.124 e. The summed E-state index contributed by atoms with van der Waals surface area (Å²) in [7, 11) is 1.83. The van der Waals surface area contributed by atoms with Crippen LogP contribution in [-0.4, -0.2) is 7.05 Å². The van der Waals surface area contributed by atoms with Crippen LogP contribution in [0.2, 0.25) is 0 Å². The molecule has 0 saturated carbocycles. The maximum atomic E-state index is 13.2. The second-order valence-electron chi connectivity index (χ2n) is 4.20. The molecular formula is C15H15FINO. The maximum absolute atomic E-state index is 13.2. The van der Waals surface area contributed by atoms with Gasteiger partial charge in [0.1, 0.15) is 18.2 Å². The zero-order valence-corrected chi connectivity index (χ0v) is 12.8. The number of rotatable bonds is 5. The van der Waals surface area contributed by atoms with E-state index >= 15 is 0 Å². The van der Waals surface area contributed by atoms with Gasteiger partial charge in [-0.1, -0.05) is 12.1 Å². The molecule has 1 N–H and O–H groups in total. The first-order valence-corrected chi connectivity index (χ1v) is 7.07. The van der Waals surface area contributed by atoms with Crippen LogP contribution >= 0.6 is 22.6 Å². The summed E-state index contributed by atoms with van der Waals surface area (Å²) in [4.78, 5) is 0. The molecule has 0 saturated heterocycles. The van der Waals surface area contributed by atoms with Gasteiger partial charge in [0, 0.05) is 15.7 Å². The van der Waals surface area contributed by atoms with Gasteiger partial charge >= 0.3 is 0 Å². The van der Waals surface area contributed by atoms with Crippen LogP contribution in [0.3, 0.4) is 0 Å². The van der Waals surface area contributed by atoms with E-state index in [1.54, 1.807) is 6.07 Å². The zero-order chi connectivity index (χ0) is 13.7. The van der Waals surface area contributed by atoms with E-state index in [1.165, 1.54) is 15.7 Å². The SMILES string of the molecule is CNCc1cc(F)ccc1OCc1ccc(I)cc1. The van der Waals surface area contributed by atoms with Crippen LogP contribution in [-0.2, 0) is 13.2 Å². The van der Waals surface area contributed by atoms with E-state index in [0.717, 1.165) is 11.1 Å². The van der Waals surface area contributed by atoms with Gasteiger partial charge in [0.05, 0.1) is 0 Å². The predicted molar refractivity (Wildman–Crippen MR) is 82.7 cm³/mol. The van der Waals surface area contributed by atoms with E-state index < -0.39 is 0 Å². The number of halogens is 2. The van der Waals surface area contributed by atoms with Crippen LogP contribution in [0.1, 0.15) is 11.1 Å². The van der Waals surface area contributed by atoms with Crippen LogP contribution in [0.5, 0.6) is 5.75 Å². The molecular weight excluding hydrogens is 356 g/mol. The second kappa shape index (κ2) is 6.86. The van der Waals surface area contributed by atoms with Crippen LogP contribution in [0.25, 0.3) is 0 Å². The summed E-state index contributed by atoms with van der Waals surface area (Å²) in [5.41, 5.74) is 1.92. The monoisotopic (exact) mass is 371 g/mol. The summed E-state index contributed by atoms with van der Waals surface area (Å²) in [5, 5.41) is 3.01. The van der Waals surface area contributed by atoms with Crippen LogP contribution in [0.15, 0.2) is 42.5 Å². The Morgan fingerprint density at radius 3 is 2.58 bits per heavy atom. The molecule has 0 aliphatic rings. The molecule has 0 atom stereocenters. The molecule has 0 spiro atoms. The third-order valence-electron chi connectivity index (χ3n) is 2.70. The highest BCUT2D eigenvalue weighted by atomic mass is 127. The summed E-state index contributed by atoms with van der Waals surface area (Å²) in [6, 6.07) is 12.7. The average molecular weight is 371 g/mol. The van der Waals surface area contributed by atoms with Crippen molar-refractivity contribution in [3.05, 3.63) is 63.0 Å². The molecule has 19 heavy (non-hydrogen) atoms. The van der Waals surface area contributed by atoms with Gasteiger partial charge in [-0.2, -0.15) is 0 Å². The molecule has 0 unspecified atom stereocenters. The fourth-order valence-electron chi connectivity index (χ4n) is 1.76. The quantitative estimate of drug-likeness (QED) is 0.809. The fraction of sp³-hybridized carbons (Fsp3) is 0.200. The Morgan fingerprint density at radius 1 is 1.16 bits per heavy atom. The van der Waals surface area contributed by atoms with E-state index in [0.29, 0.717) is 18.9 Å². The fourth-order valence-corrected chi connectivity index (χ4v) is 2.12. The third-order valence-corrected chi connectivity index (χ3v) is 3.42. The first-order chi connectivity index (χ1) is 9.19. The predicted octanol–water partition coefficient (Wildman–Crippen LogP) is 3.73. The molecule has 100 valence electrons. The first kappa shape index (κ1) is 14.3. The summed E-state index contributed by atoms with van der Waals surface area (Å²) >= 11 is 2.27. The van der Waals surface area contributed by atoms with Crippen molar-refractivity contribution >= 4 is 22.6 Å². The Morgan fingerprint density at radius 2 is 1.89 bits per heavy atom. The zero-order valence-electron chi connectivity index (χ0n) is 10.6. The van der Waals surface area contributed by atoms with Gasteiger partial charge in [0.2, 0.25) is 0 Å². The Kier molecular flexibility index (Phi) is 5.15. The van der Waals surface area contributed by atoms with Gasteiger partial charge in [-0.05, 0) is 65.5 Å². The summed E-state index contributed by atoms with van der Waals surface area (Å²) in [5.74, 6) is 0.473. The topological polar surface area (TPSA) is 21.3 Å². The lowest BCUT2D eigenvalue weighted by Crippen LogP contribution is -2.08. The number of benzene rings is 2. The molecule has 2 aromatic carbocycles. The highest BCUT2D eigenvalue weighted by Crippen LogP contribution is 2.21.